The van der Waals surface area contributed by atoms with Crippen molar-refractivity contribution in [3.63, 3.8) is 0 Å². The maximum absolute atomic E-state index is 14.4. The first-order valence-electron chi connectivity index (χ1n) is 24.4. The Kier molecular flexibility index (Phi) is 17.3. The van der Waals surface area contributed by atoms with Gasteiger partial charge in [-0.25, -0.2) is 0 Å². The molecule has 0 radical (unpaired) electrons. The Hall–Kier alpha value is -1.96. The van der Waals surface area contributed by atoms with Crippen LogP contribution in [0.25, 0.3) is 0 Å². The van der Waals surface area contributed by atoms with Crippen LogP contribution in [0.5, 0.6) is 0 Å². The van der Waals surface area contributed by atoms with E-state index in [4.69, 9.17) is 47.4 Å². The molecule has 3 N–H and O–H groups in total. The van der Waals surface area contributed by atoms with E-state index < -0.39 is 78.6 Å². The van der Waals surface area contributed by atoms with E-state index in [1.54, 1.807) is 52.0 Å². The molecule has 2 bridgehead atoms. The van der Waals surface area contributed by atoms with Crippen molar-refractivity contribution in [2.75, 3.05) is 26.6 Å². The smallest absolute Gasteiger partial charge is 0.316 e. The van der Waals surface area contributed by atoms with E-state index in [1.807, 2.05) is 32.1 Å². The zero-order valence-electron chi connectivity index (χ0n) is 40.9. The van der Waals surface area contributed by atoms with Crippen molar-refractivity contribution in [1.82, 2.24) is 0 Å². The minimum atomic E-state index is -1.84. The molecule has 0 amide bonds. The molecule has 0 aromatic carbocycles. The van der Waals surface area contributed by atoms with E-state index >= 15 is 0 Å². The van der Waals surface area contributed by atoms with Crippen molar-refractivity contribution < 1.29 is 67.5 Å². The number of aliphatic hydroxyl groups is 3. The first-order chi connectivity index (χ1) is 31.4. The van der Waals surface area contributed by atoms with Gasteiger partial charge in [-0.2, -0.15) is 11.8 Å². The molecule has 2 unspecified atom stereocenters. The molecule has 6 heterocycles. The lowest BCUT2D eigenvalue weighted by atomic mass is 9.71. The van der Waals surface area contributed by atoms with Gasteiger partial charge in [0.15, 0.2) is 18.4 Å². The fourth-order valence-electron chi connectivity index (χ4n) is 11.0. The van der Waals surface area contributed by atoms with Gasteiger partial charge in [0.1, 0.15) is 35.9 Å². The lowest BCUT2D eigenvalue weighted by molar-refractivity contribution is -0.309. The van der Waals surface area contributed by atoms with Gasteiger partial charge < -0.3 is 62.7 Å². The van der Waals surface area contributed by atoms with Gasteiger partial charge in [0.2, 0.25) is 0 Å². The molecule has 1 spiro atoms. The minimum Gasteiger partial charge on any atom is -0.462 e. The largest absolute Gasteiger partial charge is 0.462 e. The number of esters is 1. The number of thioether (sulfide) groups is 1. The van der Waals surface area contributed by atoms with Crippen molar-refractivity contribution in [2.45, 2.75) is 203 Å². The number of hydrogen-bond acceptors (Lipinski definition) is 15. The first-order valence-corrected chi connectivity index (χ1v) is 25.4. The predicted octanol–water partition coefficient (Wildman–Crippen LogP) is 6.50. The molecule has 0 aromatic rings. The number of ether oxygens (including phenoxy) is 10. The molecule has 4 fully saturated rings. The summed E-state index contributed by atoms with van der Waals surface area (Å²) in [5.74, 6) is -1.97. The van der Waals surface area contributed by atoms with Gasteiger partial charge in [0.25, 0.3) is 0 Å². The molecule has 1 aliphatic carbocycles. The lowest BCUT2D eigenvalue weighted by Crippen LogP contribution is -2.58. The Morgan fingerprint density at radius 1 is 0.909 bits per heavy atom. The van der Waals surface area contributed by atoms with Gasteiger partial charge >= 0.3 is 5.97 Å². The third kappa shape index (κ3) is 11.1. The number of allylic oxidation sites excluding steroid dienone is 2. The summed E-state index contributed by atoms with van der Waals surface area (Å²) >= 11 is 1.65. The van der Waals surface area contributed by atoms with Crippen LogP contribution in [-0.2, 0) is 52.2 Å². The quantitative estimate of drug-likeness (QED) is 0.152. The highest BCUT2D eigenvalue weighted by molar-refractivity contribution is 8.00. The van der Waals surface area contributed by atoms with E-state index in [1.165, 1.54) is 0 Å². The van der Waals surface area contributed by atoms with Crippen molar-refractivity contribution in [1.29, 1.82) is 0 Å². The van der Waals surface area contributed by atoms with Crippen LogP contribution in [0.15, 0.2) is 59.3 Å². The predicted molar refractivity (Wildman–Crippen MR) is 249 cm³/mol. The average molecular weight is 947 g/mol. The summed E-state index contributed by atoms with van der Waals surface area (Å²) in [6.45, 7) is 18.2. The Morgan fingerprint density at radius 2 is 1.62 bits per heavy atom. The highest BCUT2D eigenvalue weighted by Crippen LogP contribution is 2.47. The Balaban J connectivity index is 1.15. The van der Waals surface area contributed by atoms with Crippen LogP contribution >= 0.6 is 11.8 Å². The molecule has 21 atom stereocenters. The summed E-state index contributed by atoms with van der Waals surface area (Å²) in [6.07, 6.45) is 9.89. The standard InChI is InChI=1S/C51H78O14S/c1-12-27(2)45-30(5)18-19-50(65-45)24-37-21-36(64-50)17-16-29(4)44(28(3)14-13-15-35-25-58-48-43(53)31(6)20-38(49(54)61-37)51(35,48)55)62-41-22-39(56-10)46(33(8)59-41)63-42-23-40(57-11)47(34(9)60-42)66-26-32(7)52/h13-16,18-20,27-28,30,32-34,36-48,52-53,55H,12,17,21-26H2,1-11H3/b14-13+,29-16+,35-15+/t27?,28-,30-,32?,33-,34-,36+,37-,38-,39-,40-,41-,42-,43+,44-,45+,46-,47+,48+,50+,51+/m0/s1. The number of carbonyl (C=O) groups is 1. The van der Waals surface area contributed by atoms with Gasteiger partial charge in [0.05, 0.1) is 60.7 Å². The van der Waals surface area contributed by atoms with Gasteiger partial charge in [-0.3, -0.25) is 4.79 Å². The van der Waals surface area contributed by atoms with Crippen LogP contribution in [0.2, 0.25) is 0 Å². The lowest BCUT2D eigenvalue weighted by Gasteiger charge is -2.48. The highest BCUT2D eigenvalue weighted by Gasteiger charge is 2.60. The Bertz CT molecular complexity index is 1820. The van der Waals surface area contributed by atoms with Gasteiger partial charge in [-0.05, 0) is 69.8 Å². The zero-order valence-corrected chi connectivity index (χ0v) is 41.7. The molecule has 0 aromatic heterocycles. The molecular formula is C51H78O14S. The van der Waals surface area contributed by atoms with Crippen LogP contribution in [0, 0.1) is 23.7 Å². The topological polar surface area (TPSA) is 170 Å². The van der Waals surface area contributed by atoms with Gasteiger partial charge in [-0.15, -0.1) is 0 Å². The maximum Gasteiger partial charge on any atom is 0.316 e. The molecule has 14 nitrogen and oxygen atoms in total. The average Bonchev–Trinajstić information content (AvgIpc) is 3.62. The molecule has 7 aliphatic rings. The van der Waals surface area contributed by atoms with Crippen LogP contribution in [0.4, 0.5) is 0 Å². The highest BCUT2D eigenvalue weighted by atomic mass is 32.2. The van der Waals surface area contributed by atoms with E-state index in [0.29, 0.717) is 49.0 Å². The number of aliphatic hydroxyl groups excluding tert-OH is 2. The second-order valence-electron chi connectivity index (χ2n) is 20.1. The Labute approximate surface area is 396 Å². The summed E-state index contributed by atoms with van der Waals surface area (Å²) in [5.41, 5.74) is 0.148. The number of fused-ring (bicyclic) bond motifs is 2. The number of carbonyl (C=O) groups excluding carboxylic acids is 1. The Morgan fingerprint density at radius 3 is 2.33 bits per heavy atom. The molecule has 0 saturated carbocycles. The molecular weight excluding hydrogens is 869 g/mol. The van der Waals surface area contributed by atoms with Gasteiger partial charge in [-0.1, -0.05) is 70.6 Å². The minimum absolute atomic E-state index is 0.0336. The summed E-state index contributed by atoms with van der Waals surface area (Å²) in [4.78, 5) is 14.4. The molecule has 15 heteroatoms. The van der Waals surface area contributed by atoms with Crippen LogP contribution in [0.3, 0.4) is 0 Å². The molecule has 6 aliphatic heterocycles. The first kappa shape index (κ1) is 51.9. The fraction of sp³-hybridized carbons (Fsp3) is 0.784. The van der Waals surface area contributed by atoms with Crippen molar-refractivity contribution >= 4 is 17.7 Å². The van der Waals surface area contributed by atoms with Crippen LogP contribution < -0.4 is 0 Å². The SMILES string of the molecule is CCC(C)[C@H]1O[C@]2(C=C[C@@H]1C)C[C@@H]1C[C@@H](C/C=C(\C)[C@@H](O[C@H]3C[C@H](OC)[C@@H](O[C@H]4C[C@H](OC)[C@H](SCC(C)O)[C@H](C)O4)[C@H](C)O3)[C@@H](C)/C=C/C=C3\CO[C@@H]4[C@H](O)C(C)=C[C@@H](C(=O)O1)[C@]34O)O2. The summed E-state index contributed by atoms with van der Waals surface area (Å²) in [6, 6.07) is 0. The summed E-state index contributed by atoms with van der Waals surface area (Å²) < 4.78 is 64.9. The summed E-state index contributed by atoms with van der Waals surface area (Å²) in [7, 11) is 3.38. The third-order valence-corrected chi connectivity index (χ3v) is 16.7. The van der Waals surface area contributed by atoms with E-state index in [-0.39, 0.29) is 60.1 Å². The van der Waals surface area contributed by atoms with Crippen LogP contribution in [-0.4, -0.2) is 150 Å². The zero-order chi connectivity index (χ0) is 47.7. The molecule has 7 rings (SSSR count). The monoisotopic (exact) mass is 947 g/mol. The maximum atomic E-state index is 14.4. The summed E-state index contributed by atoms with van der Waals surface area (Å²) in [5, 5.41) is 33.8. The fourth-order valence-corrected chi connectivity index (χ4v) is 12.3. The van der Waals surface area contributed by atoms with E-state index in [9.17, 15) is 20.1 Å². The van der Waals surface area contributed by atoms with E-state index in [0.717, 1.165) is 12.0 Å². The second kappa shape index (κ2) is 22.0. The van der Waals surface area contributed by atoms with Crippen molar-refractivity contribution in [2.24, 2.45) is 23.7 Å². The molecule has 66 heavy (non-hydrogen) atoms. The van der Waals surface area contributed by atoms with Crippen LogP contribution in [0.1, 0.15) is 101 Å². The third-order valence-electron chi connectivity index (χ3n) is 15.0. The second-order valence-corrected chi connectivity index (χ2v) is 21.3. The number of rotatable bonds is 11. The van der Waals surface area contributed by atoms with Crippen molar-refractivity contribution in [3.8, 4) is 0 Å². The van der Waals surface area contributed by atoms with E-state index in [2.05, 4.69) is 46.8 Å². The molecule has 4 saturated heterocycles. The van der Waals surface area contributed by atoms with Gasteiger partial charge in [0, 0.05) is 57.5 Å². The van der Waals surface area contributed by atoms with Crippen molar-refractivity contribution in [3.05, 3.63) is 59.3 Å². The number of hydrogen-bond donors (Lipinski definition) is 3. The normalized spacial score (nSPS) is 47.4. The molecule has 372 valence electrons. The number of methoxy groups -OCH3 is 2.